The third kappa shape index (κ3) is 4.12. The normalized spacial score (nSPS) is 22.5. The molecule has 2 aromatic rings. The number of amides is 1. The van der Waals surface area contributed by atoms with Gasteiger partial charge in [-0.25, -0.2) is 0 Å². The molecule has 2 atom stereocenters. The van der Waals surface area contributed by atoms with Crippen LogP contribution < -0.4 is 10.1 Å². The molecular weight excluding hydrogens is 362 g/mol. The molecule has 2 aliphatic rings. The van der Waals surface area contributed by atoms with Gasteiger partial charge in [-0.15, -0.1) is 0 Å². The van der Waals surface area contributed by atoms with Crippen LogP contribution in [0.3, 0.4) is 0 Å². The highest BCUT2D eigenvalue weighted by Gasteiger charge is 2.40. The molecule has 1 unspecified atom stereocenters. The molecule has 1 N–H and O–H groups in total. The van der Waals surface area contributed by atoms with Crippen molar-refractivity contribution < 1.29 is 14.3 Å². The largest absolute Gasteiger partial charge is 0.426 e. The van der Waals surface area contributed by atoms with Gasteiger partial charge < -0.3 is 10.1 Å². The van der Waals surface area contributed by atoms with E-state index in [0.29, 0.717) is 5.75 Å². The van der Waals surface area contributed by atoms with Gasteiger partial charge in [-0.3, -0.25) is 9.59 Å². The number of fused-ring (bicyclic) bond motifs is 1. The second kappa shape index (κ2) is 7.51. The van der Waals surface area contributed by atoms with Gasteiger partial charge in [0.1, 0.15) is 5.75 Å². The second-order valence-electron chi connectivity index (χ2n) is 8.82. The van der Waals surface area contributed by atoms with Gasteiger partial charge in [0.15, 0.2) is 0 Å². The molecule has 2 aliphatic carbocycles. The fourth-order valence-electron chi connectivity index (χ4n) is 4.28. The van der Waals surface area contributed by atoms with Crippen LogP contribution in [-0.4, -0.2) is 11.9 Å². The second-order valence-corrected chi connectivity index (χ2v) is 8.82. The van der Waals surface area contributed by atoms with Crippen molar-refractivity contribution in [2.75, 3.05) is 5.32 Å². The maximum Gasteiger partial charge on any atom is 0.314 e. The lowest BCUT2D eigenvalue weighted by Gasteiger charge is -2.38. The Labute approximate surface area is 171 Å². The molecule has 0 radical (unpaired) electrons. The van der Waals surface area contributed by atoms with Crippen molar-refractivity contribution in [1.82, 2.24) is 0 Å². The van der Waals surface area contributed by atoms with Gasteiger partial charge in [0, 0.05) is 18.0 Å². The average Bonchev–Trinajstić information content (AvgIpc) is 2.59. The predicted molar refractivity (Wildman–Crippen MR) is 116 cm³/mol. The highest BCUT2D eigenvalue weighted by molar-refractivity contribution is 5.96. The fraction of sp³-hybridized carbons (Fsp3) is 0.360. The number of carbonyl (C=O) groups excluding carboxylic acids is 2. The van der Waals surface area contributed by atoms with E-state index in [2.05, 4.69) is 37.4 Å². The lowest BCUT2D eigenvalue weighted by Crippen LogP contribution is -2.37. The van der Waals surface area contributed by atoms with Crippen LogP contribution in [0.4, 0.5) is 5.69 Å². The van der Waals surface area contributed by atoms with E-state index in [0.717, 1.165) is 35.7 Å². The Morgan fingerprint density at radius 3 is 2.66 bits per heavy atom. The van der Waals surface area contributed by atoms with E-state index in [1.165, 1.54) is 12.5 Å². The van der Waals surface area contributed by atoms with Crippen LogP contribution in [-0.2, 0) is 9.59 Å². The first-order chi connectivity index (χ1) is 13.8. The van der Waals surface area contributed by atoms with E-state index in [1.807, 2.05) is 36.4 Å². The Kier molecular flexibility index (Phi) is 5.03. The standard InChI is InChI=1S/C25H27NO3/c1-16(27)26-19-9-10-21-17(14-19)6-4-8-23(21)29-24(28)22-12-11-20(22)18-7-5-13-25(2,3)15-18/h4-10,14-15,20,22H,11-13H2,1-3H3,(H,26,27)/t20?,22-/m1/s1. The maximum atomic E-state index is 12.9. The minimum absolute atomic E-state index is 0.0892. The molecule has 2 aromatic carbocycles. The molecule has 29 heavy (non-hydrogen) atoms. The van der Waals surface area contributed by atoms with Crippen LogP contribution in [0, 0.1) is 17.3 Å². The van der Waals surface area contributed by atoms with E-state index in [9.17, 15) is 9.59 Å². The number of hydrogen-bond donors (Lipinski definition) is 1. The summed E-state index contributed by atoms with van der Waals surface area (Å²) in [6.45, 7) is 5.94. The smallest absolute Gasteiger partial charge is 0.314 e. The Morgan fingerprint density at radius 1 is 1.14 bits per heavy atom. The van der Waals surface area contributed by atoms with Crippen molar-refractivity contribution in [2.24, 2.45) is 17.3 Å². The summed E-state index contributed by atoms with van der Waals surface area (Å²) in [5, 5.41) is 4.57. The zero-order valence-electron chi connectivity index (χ0n) is 17.2. The quantitative estimate of drug-likeness (QED) is 0.544. The van der Waals surface area contributed by atoms with Crippen LogP contribution in [0.25, 0.3) is 10.8 Å². The van der Waals surface area contributed by atoms with Crippen molar-refractivity contribution >= 4 is 28.3 Å². The van der Waals surface area contributed by atoms with Crippen molar-refractivity contribution in [3.8, 4) is 5.75 Å². The van der Waals surface area contributed by atoms with E-state index in [1.54, 1.807) is 0 Å². The molecule has 0 saturated heterocycles. The molecule has 1 amide bonds. The number of rotatable bonds is 4. The van der Waals surface area contributed by atoms with Crippen molar-refractivity contribution in [3.63, 3.8) is 0 Å². The molecule has 4 nitrogen and oxygen atoms in total. The molecular formula is C25H27NO3. The summed E-state index contributed by atoms with van der Waals surface area (Å²) in [7, 11) is 0. The SMILES string of the molecule is CC(=O)Nc1ccc2c(OC(=O)[C@@H]3CCC3C3=CC(C)(C)CC=C3)cccc2c1. The average molecular weight is 389 g/mol. The number of ether oxygens (including phenoxy) is 1. The predicted octanol–water partition coefficient (Wildman–Crippen LogP) is 5.64. The van der Waals surface area contributed by atoms with Gasteiger partial charge in [0.05, 0.1) is 5.92 Å². The van der Waals surface area contributed by atoms with Gasteiger partial charge >= 0.3 is 5.97 Å². The zero-order valence-corrected chi connectivity index (χ0v) is 17.2. The van der Waals surface area contributed by atoms with Gasteiger partial charge in [0.2, 0.25) is 5.91 Å². The Bertz CT molecular complexity index is 1030. The van der Waals surface area contributed by atoms with Crippen LogP contribution in [0.1, 0.15) is 40.0 Å². The lowest BCUT2D eigenvalue weighted by atomic mass is 9.67. The van der Waals surface area contributed by atoms with Crippen molar-refractivity contribution in [2.45, 2.75) is 40.0 Å². The highest BCUT2D eigenvalue weighted by Crippen LogP contribution is 2.44. The first kappa shape index (κ1) is 19.4. The van der Waals surface area contributed by atoms with Gasteiger partial charge in [-0.1, -0.05) is 44.2 Å². The zero-order chi connectivity index (χ0) is 20.6. The Balaban J connectivity index is 1.53. The van der Waals surface area contributed by atoms with Gasteiger partial charge in [0.25, 0.3) is 0 Å². The third-order valence-electron chi connectivity index (χ3n) is 5.89. The number of esters is 1. The molecule has 1 saturated carbocycles. The molecule has 0 heterocycles. The number of nitrogens with one attached hydrogen (secondary N) is 1. The molecule has 1 fully saturated rings. The molecule has 0 spiro atoms. The van der Waals surface area contributed by atoms with E-state index >= 15 is 0 Å². The minimum atomic E-state index is -0.155. The summed E-state index contributed by atoms with van der Waals surface area (Å²) in [5.41, 5.74) is 2.15. The van der Waals surface area contributed by atoms with E-state index < -0.39 is 0 Å². The van der Waals surface area contributed by atoms with Crippen LogP contribution in [0.2, 0.25) is 0 Å². The summed E-state index contributed by atoms with van der Waals surface area (Å²) in [6, 6.07) is 11.2. The van der Waals surface area contributed by atoms with Crippen molar-refractivity contribution in [3.05, 3.63) is 60.2 Å². The maximum absolute atomic E-state index is 12.9. The van der Waals surface area contributed by atoms with Crippen LogP contribution >= 0.6 is 0 Å². The lowest BCUT2D eigenvalue weighted by molar-refractivity contribution is -0.143. The number of benzene rings is 2. The third-order valence-corrected chi connectivity index (χ3v) is 5.89. The minimum Gasteiger partial charge on any atom is -0.426 e. The molecule has 0 aliphatic heterocycles. The summed E-state index contributed by atoms with van der Waals surface area (Å²) in [4.78, 5) is 24.2. The molecule has 150 valence electrons. The molecule has 0 bridgehead atoms. The van der Waals surface area contributed by atoms with Crippen molar-refractivity contribution in [1.29, 1.82) is 0 Å². The topological polar surface area (TPSA) is 55.4 Å². The number of anilines is 1. The monoisotopic (exact) mass is 389 g/mol. The van der Waals surface area contributed by atoms with E-state index in [-0.39, 0.29) is 29.1 Å². The number of carbonyl (C=O) groups is 2. The first-order valence-corrected chi connectivity index (χ1v) is 10.2. The summed E-state index contributed by atoms with van der Waals surface area (Å²) in [6.07, 6.45) is 9.64. The molecule has 0 aromatic heterocycles. The molecule has 4 heteroatoms. The summed E-state index contributed by atoms with van der Waals surface area (Å²) < 4.78 is 5.85. The van der Waals surface area contributed by atoms with Crippen LogP contribution in [0.15, 0.2) is 60.2 Å². The summed E-state index contributed by atoms with van der Waals surface area (Å²) >= 11 is 0. The number of hydrogen-bond acceptors (Lipinski definition) is 3. The Morgan fingerprint density at radius 2 is 1.97 bits per heavy atom. The van der Waals surface area contributed by atoms with E-state index in [4.69, 9.17) is 4.74 Å². The fourth-order valence-corrected chi connectivity index (χ4v) is 4.28. The van der Waals surface area contributed by atoms with Gasteiger partial charge in [-0.05, 0) is 65.8 Å². The highest BCUT2D eigenvalue weighted by atomic mass is 16.5. The van der Waals surface area contributed by atoms with Crippen LogP contribution in [0.5, 0.6) is 5.75 Å². The molecule has 4 rings (SSSR count). The van der Waals surface area contributed by atoms with Gasteiger partial charge in [-0.2, -0.15) is 0 Å². The first-order valence-electron chi connectivity index (χ1n) is 10.2. The Hall–Kier alpha value is -2.88. The summed E-state index contributed by atoms with van der Waals surface area (Å²) in [5.74, 6) is 0.462. The number of allylic oxidation sites excluding steroid dienone is 4.